The first kappa shape index (κ1) is 19.0. The summed E-state index contributed by atoms with van der Waals surface area (Å²) in [5.74, 6) is 0.267. The van der Waals surface area contributed by atoms with E-state index in [0.717, 1.165) is 23.0 Å². The summed E-state index contributed by atoms with van der Waals surface area (Å²) in [6.07, 6.45) is 3.79. The van der Waals surface area contributed by atoms with Crippen LogP contribution in [0.3, 0.4) is 0 Å². The van der Waals surface area contributed by atoms with Gasteiger partial charge in [-0.15, -0.1) is 0 Å². The Balaban J connectivity index is 1.70. The number of aromatic nitrogens is 1. The Kier molecular flexibility index (Phi) is 4.94. The second-order valence-corrected chi connectivity index (χ2v) is 6.85. The lowest BCUT2D eigenvalue weighted by Crippen LogP contribution is -2.14. The van der Waals surface area contributed by atoms with Gasteiger partial charge in [0.1, 0.15) is 18.1 Å². The van der Waals surface area contributed by atoms with Crippen LogP contribution >= 0.6 is 0 Å². The second-order valence-electron chi connectivity index (χ2n) is 6.85. The molecule has 1 aliphatic rings. The lowest BCUT2D eigenvalue weighted by molar-refractivity contribution is -0.138. The van der Waals surface area contributed by atoms with Crippen LogP contribution in [0.5, 0.6) is 11.5 Å². The molecule has 3 aromatic rings. The van der Waals surface area contributed by atoms with Crippen LogP contribution in [0, 0.1) is 6.92 Å². The molecule has 0 amide bonds. The highest BCUT2D eigenvalue weighted by molar-refractivity contribution is 6.16. The Bertz CT molecular complexity index is 1160. The first-order valence-corrected chi connectivity index (χ1v) is 9.38. The van der Waals surface area contributed by atoms with E-state index in [9.17, 15) is 9.59 Å². The Hall–Kier alpha value is -3.38. The number of rotatable bonds is 5. The SMILES string of the molecule is CCn1cc(/C=C2\Oc3cc(OC(=O)COC)cc(C)c3C2=O)c2ccccc21. The van der Waals surface area contributed by atoms with Crippen molar-refractivity contribution in [1.29, 1.82) is 0 Å². The molecule has 148 valence electrons. The van der Waals surface area contributed by atoms with Crippen molar-refractivity contribution in [2.75, 3.05) is 13.7 Å². The lowest BCUT2D eigenvalue weighted by atomic mass is 10.0. The average molecular weight is 391 g/mol. The van der Waals surface area contributed by atoms with Gasteiger partial charge in [-0.1, -0.05) is 18.2 Å². The van der Waals surface area contributed by atoms with E-state index >= 15 is 0 Å². The number of ketones is 1. The molecule has 0 unspecified atom stereocenters. The number of Topliss-reactive ketones (excluding diaryl/α,β-unsaturated/α-hetero) is 1. The van der Waals surface area contributed by atoms with Crippen molar-refractivity contribution in [3.05, 3.63) is 65.0 Å². The molecule has 0 fully saturated rings. The van der Waals surface area contributed by atoms with Gasteiger partial charge in [0.2, 0.25) is 5.78 Å². The number of carbonyl (C=O) groups excluding carboxylic acids is 2. The smallest absolute Gasteiger partial charge is 0.337 e. The molecule has 0 aliphatic carbocycles. The van der Waals surface area contributed by atoms with Gasteiger partial charge in [-0.25, -0.2) is 4.79 Å². The maximum atomic E-state index is 12.9. The van der Waals surface area contributed by atoms with Gasteiger partial charge in [0.15, 0.2) is 5.76 Å². The van der Waals surface area contributed by atoms with E-state index in [-0.39, 0.29) is 18.1 Å². The molecule has 2 aromatic carbocycles. The van der Waals surface area contributed by atoms with Crippen molar-refractivity contribution in [2.24, 2.45) is 0 Å². The van der Waals surface area contributed by atoms with Crippen LogP contribution < -0.4 is 9.47 Å². The Morgan fingerprint density at radius 3 is 2.79 bits per heavy atom. The second kappa shape index (κ2) is 7.56. The van der Waals surface area contributed by atoms with E-state index in [4.69, 9.17) is 14.2 Å². The number of para-hydroxylation sites is 1. The third-order valence-corrected chi connectivity index (χ3v) is 4.88. The molecule has 0 saturated heterocycles. The summed E-state index contributed by atoms with van der Waals surface area (Å²) in [5.41, 5.74) is 3.20. The molecular weight excluding hydrogens is 370 g/mol. The highest BCUT2D eigenvalue weighted by Crippen LogP contribution is 2.38. The van der Waals surface area contributed by atoms with Gasteiger partial charge in [-0.3, -0.25) is 4.79 Å². The number of allylic oxidation sites excluding steroid dienone is 1. The zero-order chi connectivity index (χ0) is 20.5. The summed E-state index contributed by atoms with van der Waals surface area (Å²) in [6.45, 7) is 4.54. The molecule has 0 bridgehead atoms. The van der Waals surface area contributed by atoms with Crippen LogP contribution in [0.2, 0.25) is 0 Å². The van der Waals surface area contributed by atoms with Crippen molar-refractivity contribution < 1.29 is 23.8 Å². The number of hydrogen-bond donors (Lipinski definition) is 0. The quantitative estimate of drug-likeness (QED) is 0.372. The minimum absolute atomic E-state index is 0.150. The summed E-state index contributed by atoms with van der Waals surface area (Å²) in [4.78, 5) is 24.6. The van der Waals surface area contributed by atoms with E-state index < -0.39 is 5.97 Å². The number of methoxy groups -OCH3 is 1. The first-order valence-electron chi connectivity index (χ1n) is 9.38. The number of benzene rings is 2. The summed E-state index contributed by atoms with van der Waals surface area (Å²) >= 11 is 0. The van der Waals surface area contributed by atoms with Crippen LogP contribution in [-0.2, 0) is 16.1 Å². The van der Waals surface area contributed by atoms with E-state index in [1.807, 2.05) is 24.4 Å². The van der Waals surface area contributed by atoms with Gasteiger partial charge >= 0.3 is 5.97 Å². The maximum Gasteiger partial charge on any atom is 0.337 e. The predicted molar refractivity (Wildman–Crippen MR) is 109 cm³/mol. The molecule has 0 spiro atoms. The third-order valence-electron chi connectivity index (χ3n) is 4.88. The van der Waals surface area contributed by atoms with Crippen LogP contribution in [0.25, 0.3) is 17.0 Å². The normalized spacial score (nSPS) is 14.3. The molecular formula is C23H21NO5. The fourth-order valence-electron chi connectivity index (χ4n) is 3.61. The number of fused-ring (bicyclic) bond motifs is 2. The van der Waals surface area contributed by atoms with Gasteiger partial charge in [0.05, 0.1) is 5.56 Å². The fourth-order valence-corrected chi connectivity index (χ4v) is 3.61. The molecule has 2 heterocycles. The van der Waals surface area contributed by atoms with E-state index in [0.29, 0.717) is 22.6 Å². The van der Waals surface area contributed by atoms with Gasteiger partial charge in [-0.05, 0) is 37.6 Å². The van der Waals surface area contributed by atoms with Crippen molar-refractivity contribution in [1.82, 2.24) is 4.57 Å². The zero-order valence-electron chi connectivity index (χ0n) is 16.5. The van der Waals surface area contributed by atoms with Gasteiger partial charge in [0.25, 0.3) is 0 Å². The largest absolute Gasteiger partial charge is 0.452 e. The predicted octanol–water partition coefficient (Wildman–Crippen LogP) is 4.14. The van der Waals surface area contributed by atoms with Crippen molar-refractivity contribution in [2.45, 2.75) is 20.4 Å². The highest BCUT2D eigenvalue weighted by Gasteiger charge is 2.30. The fraction of sp³-hybridized carbons (Fsp3) is 0.217. The van der Waals surface area contributed by atoms with E-state index in [1.54, 1.807) is 25.1 Å². The molecule has 1 aromatic heterocycles. The highest BCUT2D eigenvalue weighted by atomic mass is 16.6. The summed E-state index contributed by atoms with van der Waals surface area (Å²) in [5, 5.41) is 1.06. The minimum Gasteiger partial charge on any atom is -0.452 e. The molecule has 0 radical (unpaired) electrons. The first-order chi connectivity index (χ1) is 14.0. The van der Waals surface area contributed by atoms with E-state index in [2.05, 4.69) is 17.6 Å². The number of hydrogen-bond acceptors (Lipinski definition) is 5. The molecule has 6 heteroatoms. The van der Waals surface area contributed by atoms with Crippen LogP contribution in [0.1, 0.15) is 28.4 Å². The number of aryl methyl sites for hydroxylation is 2. The van der Waals surface area contributed by atoms with Gasteiger partial charge in [-0.2, -0.15) is 0 Å². The molecule has 0 saturated carbocycles. The minimum atomic E-state index is -0.515. The molecule has 0 atom stereocenters. The summed E-state index contributed by atoms with van der Waals surface area (Å²) in [6, 6.07) is 11.3. The number of ether oxygens (including phenoxy) is 3. The van der Waals surface area contributed by atoms with Crippen LogP contribution in [0.15, 0.2) is 48.4 Å². The Morgan fingerprint density at radius 1 is 1.24 bits per heavy atom. The van der Waals surface area contributed by atoms with Crippen molar-refractivity contribution >= 4 is 28.7 Å². The molecule has 4 rings (SSSR count). The number of carbonyl (C=O) groups is 2. The molecule has 0 N–H and O–H groups in total. The molecule has 29 heavy (non-hydrogen) atoms. The lowest BCUT2D eigenvalue weighted by Gasteiger charge is -2.07. The van der Waals surface area contributed by atoms with E-state index in [1.165, 1.54) is 7.11 Å². The zero-order valence-corrected chi connectivity index (χ0v) is 16.5. The number of nitrogens with zero attached hydrogens (tertiary/aromatic N) is 1. The summed E-state index contributed by atoms with van der Waals surface area (Å²) in [7, 11) is 1.42. The van der Waals surface area contributed by atoms with Crippen LogP contribution in [-0.4, -0.2) is 30.0 Å². The topological polar surface area (TPSA) is 66.8 Å². The van der Waals surface area contributed by atoms with Gasteiger partial charge < -0.3 is 18.8 Å². The molecule has 6 nitrogen and oxygen atoms in total. The standard InChI is InChI=1S/C23H21NO5/c1-4-24-12-15(17-7-5-6-8-18(17)24)10-20-23(26)22-14(2)9-16(11-19(22)29-20)28-21(25)13-27-3/h5-12H,4,13H2,1-3H3/b20-10-. The van der Waals surface area contributed by atoms with Crippen molar-refractivity contribution in [3.8, 4) is 11.5 Å². The molecule has 1 aliphatic heterocycles. The maximum absolute atomic E-state index is 12.9. The Labute approximate surface area is 168 Å². The van der Waals surface area contributed by atoms with Crippen molar-refractivity contribution in [3.63, 3.8) is 0 Å². The third kappa shape index (κ3) is 3.43. The van der Waals surface area contributed by atoms with Crippen LogP contribution in [0.4, 0.5) is 0 Å². The number of esters is 1. The average Bonchev–Trinajstić information content (AvgIpc) is 3.20. The monoisotopic (exact) mass is 391 g/mol. The van der Waals surface area contributed by atoms with Gasteiger partial charge in [0, 0.05) is 42.4 Å². The summed E-state index contributed by atoms with van der Waals surface area (Å²) < 4.78 is 18.0. The Morgan fingerprint density at radius 2 is 2.03 bits per heavy atom.